The molecule has 0 radical (unpaired) electrons. The number of benzene rings is 2. The van der Waals surface area contributed by atoms with Crippen molar-refractivity contribution in [3.05, 3.63) is 111 Å². The van der Waals surface area contributed by atoms with Gasteiger partial charge >= 0.3 is 0 Å². The average Bonchev–Trinajstić information content (AvgIpc) is 4.07. The van der Waals surface area contributed by atoms with Crippen LogP contribution >= 0.6 is 22.9 Å². The maximum Gasteiger partial charge on any atom is 0.253 e. The second-order valence-corrected chi connectivity index (χ2v) is 22.3. The van der Waals surface area contributed by atoms with Gasteiger partial charge in [0.25, 0.3) is 5.91 Å². The number of nitrogens with zero attached hydrogens (tertiary/aromatic N) is 8. The van der Waals surface area contributed by atoms with Crippen LogP contribution in [0.25, 0.3) is 10.4 Å². The molecular formula is C54H67ClN10O5S. The Kier molecular flexibility index (Phi) is 15.3. The van der Waals surface area contributed by atoms with Gasteiger partial charge in [-0.25, -0.2) is 15.0 Å². The van der Waals surface area contributed by atoms with Crippen LogP contribution in [0.3, 0.4) is 0 Å². The van der Waals surface area contributed by atoms with Gasteiger partial charge in [0.1, 0.15) is 35.6 Å². The van der Waals surface area contributed by atoms with Gasteiger partial charge in [-0.2, -0.15) is 5.26 Å². The van der Waals surface area contributed by atoms with E-state index in [1.807, 2.05) is 87.4 Å². The molecule has 1 unspecified atom stereocenters. The standard InChI is InChI=1S/C54H67ClN10O5S/c1-32(2)45(50(69)65-30-40(66)25-43(65)49(68)60-33(3)35-12-14-36(15-13-35)46-34(4)59-31-71-46)47-58-29-39(62(47)9)11-10-20-63-21-23-64(24-22-63)44-19-17-38(28-57-44)48(67)61-51-53(5,6)52(54(51,7)8)70-41-18-16-37(27-56)42(55)26-41/h12-19,26,28-29,31-33,40,43,45,51-52,66H,10-11,20-25,30H2,1-9H3,(H,60,68)(H,61,67)/t33-,40+,43-,45?,51?,52?/m0/s1. The van der Waals surface area contributed by atoms with E-state index in [2.05, 4.69) is 59.2 Å². The molecule has 376 valence electrons. The Morgan fingerprint density at radius 2 is 1.69 bits per heavy atom. The second kappa shape index (κ2) is 21.1. The maximum atomic E-state index is 14.4. The van der Waals surface area contributed by atoms with E-state index in [1.165, 1.54) is 0 Å². The normalized spacial score (nSPS) is 21.6. The number of pyridine rings is 1. The number of hydrogen-bond donors (Lipinski definition) is 3. The number of imidazole rings is 1. The van der Waals surface area contributed by atoms with Crippen molar-refractivity contribution in [1.82, 2.24) is 40.0 Å². The lowest BCUT2D eigenvalue weighted by molar-refractivity contribution is -0.164. The largest absolute Gasteiger partial charge is 0.489 e. The lowest BCUT2D eigenvalue weighted by atomic mass is 9.49. The van der Waals surface area contributed by atoms with Crippen LogP contribution in [0.2, 0.25) is 5.02 Å². The lowest BCUT2D eigenvalue weighted by Gasteiger charge is -2.63. The van der Waals surface area contributed by atoms with Crippen molar-refractivity contribution in [2.75, 3.05) is 44.2 Å². The first-order valence-corrected chi connectivity index (χ1v) is 25.9. The van der Waals surface area contributed by atoms with Gasteiger partial charge in [0, 0.05) is 87.2 Å². The molecule has 3 aliphatic rings. The third-order valence-electron chi connectivity index (χ3n) is 15.0. The Balaban J connectivity index is 0.799. The number of rotatable bonds is 16. The molecule has 3 N–H and O–H groups in total. The van der Waals surface area contributed by atoms with Crippen LogP contribution in [0.4, 0.5) is 5.82 Å². The van der Waals surface area contributed by atoms with E-state index in [0.717, 1.165) is 78.8 Å². The van der Waals surface area contributed by atoms with Gasteiger partial charge in [0.15, 0.2) is 0 Å². The predicted molar refractivity (Wildman–Crippen MR) is 276 cm³/mol. The zero-order valence-corrected chi connectivity index (χ0v) is 43.9. The number of halogens is 1. The number of nitriles is 1. The molecule has 2 saturated heterocycles. The molecule has 3 aromatic heterocycles. The smallest absolute Gasteiger partial charge is 0.253 e. The van der Waals surface area contributed by atoms with E-state index in [0.29, 0.717) is 27.7 Å². The van der Waals surface area contributed by atoms with E-state index >= 15 is 0 Å². The Morgan fingerprint density at radius 3 is 2.31 bits per heavy atom. The highest BCUT2D eigenvalue weighted by molar-refractivity contribution is 7.13. The van der Waals surface area contributed by atoms with Crippen LogP contribution in [0.1, 0.15) is 112 Å². The predicted octanol–water partition coefficient (Wildman–Crippen LogP) is 7.72. The molecule has 1 saturated carbocycles. The van der Waals surface area contributed by atoms with Crippen LogP contribution in [0, 0.1) is 35.0 Å². The number of nitrogens with one attached hydrogen (secondary N) is 2. The number of ether oxygens (including phenoxy) is 1. The number of carbonyl (C=O) groups is 3. The second-order valence-electron chi connectivity index (χ2n) is 21.0. The number of hydrogen-bond acceptors (Lipinski definition) is 12. The summed E-state index contributed by atoms with van der Waals surface area (Å²) in [6.45, 7) is 20.6. The molecule has 8 rings (SSSR count). The highest BCUT2D eigenvalue weighted by Gasteiger charge is 2.64. The van der Waals surface area contributed by atoms with E-state index in [1.54, 1.807) is 40.6 Å². The minimum Gasteiger partial charge on any atom is -0.489 e. The number of anilines is 1. The summed E-state index contributed by atoms with van der Waals surface area (Å²) in [5.74, 6) is 0.743. The van der Waals surface area contributed by atoms with Gasteiger partial charge in [0.05, 0.1) is 50.3 Å². The summed E-state index contributed by atoms with van der Waals surface area (Å²) in [7, 11) is 1.96. The molecule has 3 amide bonds. The van der Waals surface area contributed by atoms with E-state index in [9.17, 15) is 24.8 Å². The van der Waals surface area contributed by atoms with Crippen LogP contribution in [-0.2, 0) is 23.1 Å². The van der Waals surface area contributed by atoms with Crippen LogP contribution in [-0.4, -0.2) is 116 Å². The summed E-state index contributed by atoms with van der Waals surface area (Å²) in [6.07, 6.45) is 4.40. The quantitative estimate of drug-likeness (QED) is 0.0881. The first-order chi connectivity index (χ1) is 33.8. The van der Waals surface area contributed by atoms with Crippen LogP contribution < -0.4 is 20.3 Å². The monoisotopic (exact) mass is 1000 g/mol. The van der Waals surface area contributed by atoms with Gasteiger partial charge in [-0.3, -0.25) is 19.3 Å². The summed E-state index contributed by atoms with van der Waals surface area (Å²) in [5.41, 5.74) is 6.01. The zero-order chi connectivity index (χ0) is 50.9. The lowest BCUT2D eigenvalue weighted by Crippen LogP contribution is -2.74. The van der Waals surface area contributed by atoms with Crippen molar-refractivity contribution in [2.24, 2.45) is 23.8 Å². The Labute approximate surface area is 426 Å². The van der Waals surface area contributed by atoms with Crippen molar-refractivity contribution in [3.63, 3.8) is 0 Å². The molecule has 3 fully saturated rings. The molecule has 2 aromatic carbocycles. The van der Waals surface area contributed by atoms with Gasteiger partial charge < -0.3 is 34.8 Å². The van der Waals surface area contributed by atoms with Gasteiger partial charge in [0.2, 0.25) is 11.8 Å². The topological polar surface area (TPSA) is 182 Å². The summed E-state index contributed by atoms with van der Waals surface area (Å²) < 4.78 is 8.43. The van der Waals surface area contributed by atoms with Crippen LogP contribution in [0.5, 0.6) is 5.75 Å². The number of piperazine rings is 1. The Bertz CT molecular complexity index is 2740. The fourth-order valence-corrected chi connectivity index (χ4v) is 12.3. The molecule has 15 nitrogen and oxygen atoms in total. The minimum absolute atomic E-state index is 0.0937. The molecule has 1 aliphatic carbocycles. The fourth-order valence-electron chi connectivity index (χ4n) is 11.3. The van der Waals surface area contributed by atoms with Crippen molar-refractivity contribution < 1.29 is 24.2 Å². The number of aryl methyl sites for hydroxylation is 2. The van der Waals surface area contributed by atoms with Gasteiger partial charge in [-0.1, -0.05) is 77.4 Å². The average molecular weight is 1000 g/mol. The number of thiazole rings is 1. The fraction of sp³-hybridized carbons (Fsp3) is 0.500. The molecule has 2 aliphatic heterocycles. The van der Waals surface area contributed by atoms with Crippen molar-refractivity contribution in [3.8, 4) is 22.3 Å². The van der Waals surface area contributed by atoms with E-state index in [-0.39, 0.29) is 65.6 Å². The maximum absolute atomic E-state index is 14.4. The molecule has 71 heavy (non-hydrogen) atoms. The zero-order valence-electron chi connectivity index (χ0n) is 42.3. The molecule has 0 bridgehead atoms. The molecule has 17 heteroatoms. The summed E-state index contributed by atoms with van der Waals surface area (Å²) in [5, 5.41) is 26.8. The number of carbonyl (C=O) groups excluding carboxylic acids is 3. The van der Waals surface area contributed by atoms with Gasteiger partial charge in [-0.05, 0) is 74.5 Å². The first kappa shape index (κ1) is 51.5. The van der Waals surface area contributed by atoms with Gasteiger partial charge in [-0.15, -0.1) is 11.3 Å². The minimum atomic E-state index is -0.798. The third kappa shape index (κ3) is 10.7. The highest BCUT2D eigenvalue weighted by atomic mass is 35.5. The molecular weight excluding hydrogens is 936 g/mol. The Morgan fingerprint density at radius 1 is 0.972 bits per heavy atom. The first-order valence-electron chi connectivity index (χ1n) is 24.7. The molecule has 5 aromatic rings. The number of aliphatic hydroxyl groups is 1. The van der Waals surface area contributed by atoms with Crippen molar-refractivity contribution in [1.29, 1.82) is 5.26 Å². The number of likely N-dealkylation sites (tertiary alicyclic amines) is 1. The summed E-state index contributed by atoms with van der Waals surface area (Å²) >= 11 is 7.87. The summed E-state index contributed by atoms with van der Waals surface area (Å²) in [4.78, 5) is 63.1. The van der Waals surface area contributed by atoms with Crippen molar-refractivity contribution in [2.45, 2.75) is 111 Å². The molecule has 4 atom stereocenters. The van der Waals surface area contributed by atoms with Crippen molar-refractivity contribution >= 4 is 46.5 Å². The number of β-amino-alcohol motifs (C(OH)–C–C–N with tert-alkyl or cyclic N) is 1. The summed E-state index contributed by atoms with van der Waals surface area (Å²) in [6, 6.07) is 17.7. The molecule has 5 heterocycles. The van der Waals surface area contributed by atoms with E-state index < -0.39 is 18.1 Å². The molecule has 0 spiro atoms. The highest BCUT2D eigenvalue weighted by Crippen LogP contribution is 2.55. The number of aromatic nitrogens is 4. The van der Waals surface area contributed by atoms with E-state index in [4.69, 9.17) is 26.3 Å². The third-order valence-corrected chi connectivity index (χ3v) is 16.3. The SMILES string of the molecule is Cc1ncsc1-c1ccc([C@H](C)NC(=O)[C@@H]2C[C@@H](O)CN2C(=O)C(c2ncc(CCCN3CCN(c4ccc(C(=O)NC5C(C)(C)C(Oc6ccc(C#N)c(Cl)c6)C5(C)C)cn4)CC3)n2C)C(C)C)cc1. The number of amides is 3. The van der Waals surface area contributed by atoms with Crippen LogP contribution in [0.15, 0.2) is 72.5 Å². The Hall–Kier alpha value is -5.86. The number of aliphatic hydroxyl groups excluding tert-OH is 1.